The maximum absolute atomic E-state index is 4.90. The molecule has 0 aliphatic heterocycles. The molecule has 0 aromatic heterocycles. The smallest absolute Gasteiger partial charge is 0.00866 e. The van der Waals surface area contributed by atoms with Gasteiger partial charge in [0.2, 0.25) is 0 Å². The van der Waals surface area contributed by atoms with Crippen LogP contribution in [0.5, 0.6) is 0 Å². The first-order valence-electron chi connectivity index (χ1n) is 14.8. The highest BCUT2D eigenvalue weighted by molar-refractivity contribution is 8.00. The first kappa shape index (κ1) is 20.8. The van der Waals surface area contributed by atoms with Gasteiger partial charge in [-0.2, -0.15) is 36.2 Å². The minimum Gasteiger partial charge on any atom is -0.176 e. The third-order valence-electron chi connectivity index (χ3n) is 13.4. The second kappa shape index (κ2) is 7.43. The molecule has 180 valence electrons. The lowest BCUT2D eigenvalue weighted by atomic mass is 9.81. The molecule has 9 aliphatic rings. The van der Waals surface area contributed by atoms with Crippen LogP contribution in [0.1, 0.15) is 70.6 Å². The van der Waals surface area contributed by atoms with E-state index >= 15 is 0 Å². The van der Waals surface area contributed by atoms with Crippen molar-refractivity contribution in [2.24, 2.45) is 71.0 Å². The summed E-state index contributed by atoms with van der Waals surface area (Å²) in [6.07, 6.45) is 22.2. The van der Waals surface area contributed by atoms with Crippen LogP contribution in [0, 0.1) is 71.0 Å². The fraction of sp³-hybridized carbons (Fsp3) is 0.933. The van der Waals surface area contributed by atoms with Crippen LogP contribution in [0.4, 0.5) is 0 Å². The number of allylic oxidation sites excluding steroid dienone is 2. The Morgan fingerprint density at radius 3 is 1.88 bits per heavy atom. The van der Waals surface area contributed by atoms with E-state index in [2.05, 4.69) is 35.7 Å². The third kappa shape index (κ3) is 2.94. The van der Waals surface area contributed by atoms with E-state index < -0.39 is 0 Å². The number of hydrogen-bond donors (Lipinski definition) is 1. The molecule has 6 bridgehead atoms. The zero-order chi connectivity index (χ0) is 21.4. The molecule has 0 amide bonds. The van der Waals surface area contributed by atoms with Crippen molar-refractivity contribution in [1.82, 2.24) is 0 Å². The van der Waals surface area contributed by atoms with E-state index in [-0.39, 0.29) is 0 Å². The molecule has 17 atom stereocenters. The molecule has 0 spiro atoms. The predicted octanol–water partition coefficient (Wildman–Crippen LogP) is 7.59. The minimum atomic E-state index is 0.732. The molecule has 9 aliphatic carbocycles. The third-order valence-corrected chi connectivity index (χ3v) is 17.3. The Labute approximate surface area is 215 Å². The van der Waals surface area contributed by atoms with Crippen molar-refractivity contribution < 1.29 is 0 Å². The maximum atomic E-state index is 4.90. The molecule has 0 aromatic carbocycles. The molecule has 0 aromatic rings. The lowest BCUT2D eigenvalue weighted by Crippen LogP contribution is -2.32. The van der Waals surface area contributed by atoms with Crippen molar-refractivity contribution in [3.05, 3.63) is 12.2 Å². The first-order valence-corrected chi connectivity index (χ1v) is 17.3. The molecular weight excluding hydrogens is 457 g/mol. The van der Waals surface area contributed by atoms with Gasteiger partial charge in [-0.15, -0.1) is 0 Å². The topological polar surface area (TPSA) is 0 Å². The van der Waals surface area contributed by atoms with E-state index in [4.69, 9.17) is 12.6 Å². The number of thiol groups is 1. The zero-order valence-electron chi connectivity index (χ0n) is 20.0. The van der Waals surface area contributed by atoms with Gasteiger partial charge in [0.25, 0.3) is 0 Å². The van der Waals surface area contributed by atoms with Crippen LogP contribution in [0.15, 0.2) is 12.2 Å². The van der Waals surface area contributed by atoms with Crippen LogP contribution >= 0.6 is 36.2 Å². The summed E-state index contributed by atoms with van der Waals surface area (Å²) in [6, 6.07) is 0. The lowest BCUT2D eigenvalue weighted by Gasteiger charge is -2.37. The molecule has 17 unspecified atom stereocenters. The summed E-state index contributed by atoms with van der Waals surface area (Å²) >= 11 is 9.98. The lowest BCUT2D eigenvalue weighted by molar-refractivity contribution is 0.256. The predicted molar refractivity (Wildman–Crippen MR) is 145 cm³/mol. The van der Waals surface area contributed by atoms with Crippen LogP contribution in [0.25, 0.3) is 0 Å². The van der Waals surface area contributed by atoms with Gasteiger partial charge in [-0.25, -0.2) is 0 Å². The van der Waals surface area contributed by atoms with Gasteiger partial charge in [-0.1, -0.05) is 12.2 Å². The molecule has 33 heavy (non-hydrogen) atoms. The molecular formula is C30H42S3. The van der Waals surface area contributed by atoms with Crippen LogP contribution in [0.2, 0.25) is 0 Å². The highest BCUT2D eigenvalue weighted by atomic mass is 32.2. The summed E-state index contributed by atoms with van der Waals surface area (Å²) in [7, 11) is 0. The van der Waals surface area contributed by atoms with Gasteiger partial charge in [-0.3, -0.25) is 0 Å². The highest BCUT2D eigenvalue weighted by Gasteiger charge is 2.60. The average molecular weight is 499 g/mol. The summed E-state index contributed by atoms with van der Waals surface area (Å²) in [5.41, 5.74) is 0. The van der Waals surface area contributed by atoms with E-state index in [0.717, 1.165) is 97.3 Å². The zero-order valence-corrected chi connectivity index (χ0v) is 22.5. The summed E-state index contributed by atoms with van der Waals surface area (Å²) in [4.78, 5) is 0. The van der Waals surface area contributed by atoms with Crippen molar-refractivity contribution >= 4 is 36.2 Å². The molecule has 0 radical (unpaired) electrons. The second-order valence-electron chi connectivity index (χ2n) is 14.4. The van der Waals surface area contributed by atoms with Crippen LogP contribution in [-0.4, -0.2) is 26.2 Å². The Balaban J connectivity index is 0.847. The molecule has 8 fully saturated rings. The fourth-order valence-corrected chi connectivity index (χ4v) is 17.2. The minimum absolute atomic E-state index is 0.732. The average Bonchev–Trinajstić information content (AvgIpc) is 3.60. The van der Waals surface area contributed by atoms with Crippen LogP contribution in [-0.2, 0) is 0 Å². The van der Waals surface area contributed by atoms with E-state index in [9.17, 15) is 0 Å². The quantitative estimate of drug-likeness (QED) is 0.313. The molecule has 0 saturated heterocycles. The van der Waals surface area contributed by atoms with Crippen molar-refractivity contribution in [2.45, 2.75) is 96.9 Å². The molecule has 3 heteroatoms. The van der Waals surface area contributed by atoms with E-state index in [1.54, 1.807) is 51.4 Å². The van der Waals surface area contributed by atoms with E-state index in [1.165, 1.54) is 19.3 Å². The Bertz CT molecular complexity index is 853. The van der Waals surface area contributed by atoms with E-state index in [0.29, 0.717) is 0 Å². The van der Waals surface area contributed by atoms with Gasteiger partial charge in [0, 0.05) is 26.2 Å². The Morgan fingerprint density at radius 1 is 0.515 bits per heavy atom. The first-order chi connectivity index (χ1) is 16.2. The molecule has 9 rings (SSSR count). The molecule has 0 N–H and O–H groups in total. The van der Waals surface area contributed by atoms with E-state index in [1.807, 2.05) is 0 Å². The van der Waals surface area contributed by atoms with Gasteiger partial charge in [0.15, 0.2) is 0 Å². The molecule has 0 nitrogen and oxygen atoms in total. The van der Waals surface area contributed by atoms with Crippen LogP contribution in [0.3, 0.4) is 0 Å². The summed E-state index contributed by atoms with van der Waals surface area (Å²) in [6.45, 7) is 0. The van der Waals surface area contributed by atoms with Gasteiger partial charge >= 0.3 is 0 Å². The summed E-state index contributed by atoms with van der Waals surface area (Å²) in [5, 5.41) is 4.86. The fourth-order valence-electron chi connectivity index (χ4n) is 12.5. The molecule has 8 saturated carbocycles. The van der Waals surface area contributed by atoms with Crippen molar-refractivity contribution in [3.8, 4) is 0 Å². The summed E-state index contributed by atoms with van der Waals surface area (Å²) in [5.74, 6) is 13.0. The molecule has 0 heterocycles. The van der Waals surface area contributed by atoms with Gasteiger partial charge in [0.1, 0.15) is 0 Å². The van der Waals surface area contributed by atoms with Crippen LogP contribution < -0.4 is 0 Å². The van der Waals surface area contributed by atoms with Gasteiger partial charge in [0.05, 0.1) is 0 Å². The van der Waals surface area contributed by atoms with Crippen molar-refractivity contribution in [2.75, 3.05) is 0 Å². The summed E-state index contributed by atoms with van der Waals surface area (Å²) < 4.78 is 0. The van der Waals surface area contributed by atoms with Crippen molar-refractivity contribution in [3.63, 3.8) is 0 Å². The number of fused-ring (bicyclic) bond motifs is 15. The Hall–Kier alpha value is 0.790. The van der Waals surface area contributed by atoms with Crippen molar-refractivity contribution in [1.29, 1.82) is 0 Å². The SMILES string of the molecule is SC1CC2C3CC(SC4CC5CC4C4CC(SC6CC7CC6C6C=CCC76)CC54)C(C3)C2C1. The highest BCUT2D eigenvalue weighted by Crippen LogP contribution is 2.68. The van der Waals surface area contributed by atoms with Gasteiger partial charge in [-0.05, 0) is 142 Å². The monoisotopic (exact) mass is 498 g/mol. The number of rotatable bonds is 4. The maximum Gasteiger partial charge on any atom is 0.00866 e. The number of thioether (sulfide) groups is 2. The second-order valence-corrected chi connectivity index (χ2v) is 18.1. The standard InChI is InChI=1S/C30H42S3/c31-17-10-21-15-5-26(23(21)11-17)29(8-15)33-30-9-16-6-27(30)24-13-18(12-22(16)24)32-28-7-14-4-25(28)20-3-1-2-19(14)20/h1,3,14-31H,2,4-13H2. The Kier molecular flexibility index (Phi) is 4.68. The van der Waals surface area contributed by atoms with Gasteiger partial charge < -0.3 is 0 Å². The number of hydrogen-bond acceptors (Lipinski definition) is 3. The Morgan fingerprint density at radius 2 is 1.09 bits per heavy atom. The largest absolute Gasteiger partial charge is 0.176 e. The normalized spacial score (nSPS) is 65.4.